The van der Waals surface area contributed by atoms with Crippen LogP contribution in [0.1, 0.15) is 19.3 Å². The van der Waals surface area contributed by atoms with E-state index in [-0.39, 0.29) is 11.7 Å². The van der Waals surface area contributed by atoms with Crippen molar-refractivity contribution in [1.29, 1.82) is 0 Å². The van der Waals surface area contributed by atoms with Gasteiger partial charge in [-0.25, -0.2) is 8.42 Å². The standard InChI is InChI=1S/C24H27N5O5S/c30-22(23(31)26-18-6-8-19(9-7-18)29-12-3-15-35(29,32)33)25-16-17-10-13-28(14-11-17)24-27-20-4-1-2-5-21(20)34-24/h1-2,4-9,17H,3,10-16H2,(H,25,30)(H,26,31). The second-order valence-electron chi connectivity index (χ2n) is 8.85. The summed E-state index contributed by atoms with van der Waals surface area (Å²) in [5.74, 6) is -1.05. The molecule has 0 radical (unpaired) electrons. The Morgan fingerprint density at radius 1 is 1.00 bits per heavy atom. The summed E-state index contributed by atoms with van der Waals surface area (Å²) in [6.45, 7) is 2.39. The van der Waals surface area contributed by atoms with Gasteiger partial charge in [0.2, 0.25) is 10.0 Å². The average Bonchev–Trinajstić information content (AvgIpc) is 3.46. The third kappa shape index (κ3) is 5.09. The molecule has 0 bridgehead atoms. The minimum atomic E-state index is -3.26. The molecule has 11 heteroatoms. The van der Waals surface area contributed by atoms with Gasteiger partial charge in [-0.15, -0.1) is 0 Å². The Labute approximate surface area is 203 Å². The molecular formula is C24H27N5O5S. The fourth-order valence-electron chi connectivity index (χ4n) is 4.47. The van der Waals surface area contributed by atoms with E-state index in [1.54, 1.807) is 24.3 Å². The van der Waals surface area contributed by atoms with Gasteiger partial charge in [0.25, 0.3) is 6.01 Å². The minimum absolute atomic E-state index is 0.140. The van der Waals surface area contributed by atoms with Crippen molar-refractivity contribution >= 4 is 50.3 Å². The molecule has 0 unspecified atom stereocenters. The summed E-state index contributed by atoms with van der Waals surface area (Å²) in [5, 5.41) is 5.28. The molecule has 3 aromatic rings. The average molecular weight is 498 g/mol. The number of aromatic nitrogens is 1. The van der Waals surface area contributed by atoms with E-state index in [1.165, 1.54) is 4.31 Å². The number of carbonyl (C=O) groups excluding carboxylic acids is 2. The molecule has 10 nitrogen and oxygen atoms in total. The number of sulfonamides is 1. The molecule has 0 aliphatic carbocycles. The van der Waals surface area contributed by atoms with E-state index in [9.17, 15) is 18.0 Å². The zero-order chi connectivity index (χ0) is 24.4. The summed E-state index contributed by atoms with van der Waals surface area (Å²) in [7, 11) is -3.26. The van der Waals surface area contributed by atoms with Crippen LogP contribution in [0, 0.1) is 5.92 Å². The Bertz CT molecular complexity index is 1300. The van der Waals surface area contributed by atoms with Crippen LogP contribution in [0.2, 0.25) is 0 Å². The van der Waals surface area contributed by atoms with Crippen LogP contribution in [0.5, 0.6) is 0 Å². The summed E-state index contributed by atoms with van der Waals surface area (Å²) in [5.41, 5.74) is 2.57. The number of piperidine rings is 1. The van der Waals surface area contributed by atoms with Crippen LogP contribution in [-0.4, -0.2) is 57.1 Å². The van der Waals surface area contributed by atoms with Crippen LogP contribution in [-0.2, 0) is 19.6 Å². The Kier molecular flexibility index (Phi) is 6.33. The Balaban J connectivity index is 1.08. The predicted molar refractivity (Wildman–Crippen MR) is 133 cm³/mol. The molecule has 2 amide bonds. The van der Waals surface area contributed by atoms with E-state index in [0.29, 0.717) is 36.9 Å². The van der Waals surface area contributed by atoms with Crippen molar-refractivity contribution in [1.82, 2.24) is 10.3 Å². The third-order valence-corrected chi connectivity index (χ3v) is 8.31. The number of carbonyl (C=O) groups is 2. The zero-order valence-electron chi connectivity index (χ0n) is 19.1. The maximum Gasteiger partial charge on any atom is 0.313 e. The highest BCUT2D eigenvalue weighted by atomic mass is 32.2. The monoisotopic (exact) mass is 497 g/mol. The molecule has 2 aliphatic heterocycles. The molecule has 2 fully saturated rings. The van der Waals surface area contributed by atoms with Gasteiger partial charge >= 0.3 is 11.8 Å². The molecule has 2 N–H and O–H groups in total. The lowest BCUT2D eigenvalue weighted by molar-refractivity contribution is -0.136. The summed E-state index contributed by atoms with van der Waals surface area (Å²) in [6.07, 6.45) is 2.29. The quantitative estimate of drug-likeness (QED) is 0.519. The summed E-state index contributed by atoms with van der Waals surface area (Å²) in [6, 6.07) is 14.7. The number of benzene rings is 2. The smallest absolute Gasteiger partial charge is 0.313 e. The lowest BCUT2D eigenvalue weighted by Crippen LogP contribution is -2.41. The first-order valence-corrected chi connectivity index (χ1v) is 13.3. The highest BCUT2D eigenvalue weighted by Crippen LogP contribution is 2.27. The molecule has 0 spiro atoms. The van der Waals surface area contributed by atoms with Crippen LogP contribution in [0.4, 0.5) is 17.4 Å². The Morgan fingerprint density at radius 3 is 2.43 bits per heavy atom. The minimum Gasteiger partial charge on any atom is -0.423 e. The highest BCUT2D eigenvalue weighted by molar-refractivity contribution is 7.93. The highest BCUT2D eigenvalue weighted by Gasteiger charge is 2.28. The van der Waals surface area contributed by atoms with Gasteiger partial charge in [-0.3, -0.25) is 13.9 Å². The largest absolute Gasteiger partial charge is 0.423 e. The first kappa shape index (κ1) is 23.2. The van der Waals surface area contributed by atoms with Crippen LogP contribution < -0.4 is 19.8 Å². The number of nitrogens with zero attached hydrogens (tertiary/aromatic N) is 3. The third-order valence-electron chi connectivity index (χ3n) is 6.44. The van der Waals surface area contributed by atoms with E-state index >= 15 is 0 Å². The van der Waals surface area contributed by atoms with Crippen LogP contribution in [0.25, 0.3) is 11.1 Å². The van der Waals surface area contributed by atoms with Crippen molar-refractivity contribution in [2.75, 3.05) is 46.5 Å². The molecule has 0 saturated carbocycles. The Morgan fingerprint density at radius 2 is 1.74 bits per heavy atom. The van der Waals surface area contributed by atoms with Crippen LogP contribution in [0.3, 0.4) is 0 Å². The first-order valence-electron chi connectivity index (χ1n) is 11.7. The number of oxazole rings is 1. The molecule has 184 valence electrons. The topological polar surface area (TPSA) is 125 Å². The number of hydrogen-bond donors (Lipinski definition) is 2. The molecule has 1 aromatic heterocycles. The fourth-order valence-corrected chi connectivity index (χ4v) is 6.03. The van der Waals surface area contributed by atoms with Gasteiger partial charge in [0.15, 0.2) is 5.58 Å². The number of amides is 2. The van der Waals surface area contributed by atoms with E-state index in [4.69, 9.17) is 4.42 Å². The number of nitrogens with one attached hydrogen (secondary N) is 2. The molecule has 3 heterocycles. The molecule has 2 saturated heterocycles. The number of fused-ring (bicyclic) bond motifs is 1. The van der Waals surface area contributed by atoms with Gasteiger partial charge in [0, 0.05) is 31.9 Å². The molecule has 5 rings (SSSR count). The van der Waals surface area contributed by atoms with E-state index < -0.39 is 21.8 Å². The number of para-hydroxylation sites is 2. The summed E-state index contributed by atoms with van der Waals surface area (Å²) < 4.78 is 31.3. The summed E-state index contributed by atoms with van der Waals surface area (Å²) >= 11 is 0. The lowest BCUT2D eigenvalue weighted by Gasteiger charge is -2.30. The van der Waals surface area contributed by atoms with Gasteiger partial charge in [-0.05, 0) is 61.6 Å². The van der Waals surface area contributed by atoms with Crippen molar-refractivity contribution in [2.45, 2.75) is 19.3 Å². The maximum absolute atomic E-state index is 12.3. The van der Waals surface area contributed by atoms with Crippen molar-refractivity contribution in [3.8, 4) is 0 Å². The van der Waals surface area contributed by atoms with Crippen molar-refractivity contribution in [3.63, 3.8) is 0 Å². The molecule has 35 heavy (non-hydrogen) atoms. The molecule has 2 aliphatic rings. The summed E-state index contributed by atoms with van der Waals surface area (Å²) in [4.78, 5) is 31.2. The lowest BCUT2D eigenvalue weighted by atomic mass is 9.97. The predicted octanol–water partition coefficient (Wildman–Crippen LogP) is 2.34. The normalized spacial score (nSPS) is 18.1. The Hall–Kier alpha value is -3.60. The van der Waals surface area contributed by atoms with Crippen molar-refractivity contribution in [2.24, 2.45) is 5.92 Å². The second-order valence-corrected chi connectivity index (χ2v) is 10.9. The van der Waals surface area contributed by atoms with Crippen molar-refractivity contribution in [3.05, 3.63) is 48.5 Å². The zero-order valence-corrected chi connectivity index (χ0v) is 20.0. The first-order chi connectivity index (χ1) is 16.9. The van der Waals surface area contributed by atoms with Crippen LogP contribution >= 0.6 is 0 Å². The molecular weight excluding hydrogens is 470 g/mol. The van der Waals surface area contributed by atoms with Crippen molar-refractivity contribution < 1.29 is 22.4 Å². The van der Waals surface area contributed by atoms with Gasteiger partial charge in [-0.2, -0.15) is 4.98 Å². The number of hydrogen-bond acceptors (Lipinski definition) is 7. The van der Waals surface area contributed by atoms with Gasteiger partial charge < -0.3 is 20.0 Å². The van der Waals surface area contributed by atoms with Crippen LogP contribution in [0.15, 0.2) is 52.9 Å². The van der Waals surface area contributed by atoms with Gasteiger partial charge in [0.1, 0.15) is 5.52 Å². The van der Waals surface area contributed by atoms with E-state index in [0.717, 1.165) is 37.0 Å². The molecule has 2 aromatic carbocycles. The fraction of sp³-hybridized carbons (Fsp3) is 0.375. The number of anilines is 3. The second kappa shape index (κ2) is 9.57. The maximum atomic E-state index is 12.3. The number of rotatable bonds is 5. The van der Waals surface area contributed by atoms with E-state index in [1.807, 2.05) is 24.3 Å². The SMILES string of the molecule is O=C(NCC1CCN(c2nc3ccccc3o2)CC1)C(=O)Nc1ccc(N2CCCS2(=O)=O)cc1. The van der Waals surface area contributed by atoms with Gasteiger partial charge in [0.05, 0.1) is 11.4 Å². The molecule has 0 atom stereocenters. The van der Waals surface area contributed by atoms with Gasteiger partial charge in [-0.1, -0.05) is 12.1 Å². The van der Waals surface area contributed by atoms with E-state index in [2.05, 4.69) is 20.5 Å².